The molecule has 0 atom stereocenters. The number of anilines is 3. The molecule has 3 fully saturated rings. The predicted molar refractivity (Wildman–Crippen MR) is 332 cm³/mol. The Morgan fingerprint density at radius 1 is 0.414 bits per heavy atom. The highest BCUT2D eigenvalue weighted by Gasteiger charge is 2.30. The average molecular weight is 1180 g/mol. The summed E-state index contributed by atoms with van der Waals surface area (Å²) >= 11 is 1.70. The lowest BCUT2D eigenvalue weighted by Gasteiger charge is -2.35. The molecule has 0 saturated carbocycles. The molecule has 3 amide bonds. The maximum absolute atomic E-state index is 13.2. The van der Waals surface area contributed by atoms with Crippen LogP contribution in [0, 0.1) is 0 Å². The summed E-state index contributed by atoms with van der Waals surface area (Å²) in [6.07, 6.45) is 12.5. The first-order valence-electron chi connectivity index (χ1n) is 28.3. The van der Waals surface area contributed by atoms with Gasteiger partial charge in [0, 0.05) is 163 Å². The fraction of sp³-hybridized carbons (Fsp3) is 0.242. The molecule has 3 aromatic carbocycles. The number of imidazole rings is 1. The van der Waals surface area contributed by atoms with Crippen LogP contribution in [0.1, 0.15) is 31.5 Å². The Morgan fingerprint density at radius 3 is 1.26 bits per heavy atom. The van der Waals surface area contributed by atoms with Crippen molar-refractivity contribution >= 4 is 106 Å². The van der Waals surface area contributed by atoms with Crippen LogP contribution >= 0.6 is 11.3 Å². The summed E-state index contributed by atoms with van der Waals surface area (Å²) in [7, 11) is 4.72. The van der Waals surface area contributed by atoms with Gasteiger partial charge in [0.05, 0.1) is 27.8 Å². The van der Waals surface area contributed by atoms with Gasteiger partial charge in [-0.25, -0.2) is 34.0 Å². The molecule has 25 heteroatoms. The lowest BCUT2D eigenvalue weighted by atomic mass is 10.1. The molecule has 24 nitrogen and oxygen atoms in total. The van der Waals surface area contributed by atoms with Gasteiger partial charge in [0.1, 0.15) is 17.2 Å². The van der Waals surface area contributed by atoms with Crippen molar-refractivity contribution in [2.45, 2.75) is 0 Å². The van der Waals surface area contributed by atoms with E-state index in [0.717, 1.165) is 39.5 Å². The third-order valence-corrected chi connectivity index (χ3v) is 17.0. The Bertz CT molecular complexity index is 4340. The molecule has 3 aliphatic heterocycles. The van der Waals surface area contributed by atoms with Crippen LogP contribution in [-0.4, -0.2) is 165 Å². The van der Waals surface area contributed by atoms with Crippen LogP contribution in [-0.2, 0) is 21.1 Å². The number of pyridine rings is 2. The molecule has 15 rings (SSSR count). The number of hydrogen-bond acceptors (Lipinski definition) is 18. The number of nitrogens with zero attached hydrogens (tertiary/aromatic N) is 17. The summed E-state index contributed by atoms with van der Waals surface area (Å²) in [6.45, 7) is 7.38. The molecule has 0 aliphatic carbocycles. The first kappa shape index (κ1) is 55.5. The third-order valence-electron chi connectivity index (χ3n) is 16.1. The summed E-state index contributed by atoms with van der Waals surface area (Å²) in [6, 6.07) is 29.2. The van der Waals surface area contributed by atoms with E-state index in [4.69, 9.17) is 4.42 Å². The van der Waals surface area contributed by atoms with Crippen molar-refractivity contribution in [1.29, 1.82) is 0 Å². The standard InChI is InChI=1S/C21H19N5O3.C21H19N5O2S.C20H19N7O2/c2*1-24-20(27)15-5-3-2-4-14(15)18(23-24)21(28)26-11-9-25(10-12-26)19-16-7-13-29-17(16)6-8-22-19;1-24-19(28)15-5-3-2-4-14(15)16(23-24)20(29)27-12-10-26(11-13-27)18-17-21-6-8-25(17)9-7-22-18/h2*2-8,13H,9-12H2,1H3;2-9H,10-13H2,1H3. The van der Waals surface area contributed by atoms with Crippen LogP contribution in [0.2, 0.25) is 0 Å². The van der Waals surface area contributed by atoms with Crippen LogP contribution in [0.5, 0.6) is 0 Å². The third kappa shape index (κ3) is 10.5. The number of piperazine rings is 3. The van der Waals surface area contributed by atoms with Crippen LogP contribution in [0.25, 0.3) is 59.0 Å². The minimum atomic E-state index is -0.208. The second-order valence-corrected chi connectivity index (χ2v) is 22.1. The summed E-state index contributed by atoms with van der Waals surface area (Å²) in [5.41, 5.74) is 1.94. The zero-order valence-electron chi connectivity index (χ0n) is 47.7. The minimum Gasteiger partial charge on any atom is -0.464 e. The molecule has 87 heavy (non-hydrogen) atoms. The monoisotopic (exact) mass is 1180 g/mol. The molecule has 12 heterocycles. The van der Waals surface area contributed by atoms with Gasteiger partial charge in [-0.05, 0) is 47.8 Å². The second-order valence-electron chi connectivity index (χ2n) is 21.1. The number of hydrogen-bond donors (Lipinski definition) is 0. The highest BCUT2D eigenvalue weighted by Crippen LogP contribution is 2.31. The van der Waals surface area contributed by atoms with Gasteiger partial charge in [-0.3, -0.25) is 28.8 Å². The fourth-order valence-corrected chi connectivity index (χ4v) is 12.3. The van der Waals surface area contributed by atoms with E-state index < -0.39 is 0 Å². The molecule has 3 saturated heterocycles. The maximum atomic E-state index is 13.2. The van der Waals surface area contributed by atoms with Gasteiger partial charge in [0.25, 0.3) is 34.4 Å². The van der Waals surface area contributed by atoms with E-state index in [1.165, 1.54) is 18.7 Å². The van der Waals surface area contributed by atoms with E-state index in [-0.39, 0.29) is 34.4 Å². The van der Waals surface area contributed by atoms with E-state index in [2.05, 4.69) is 61.4 Å². The fourth-order valence-electron chi connectivity index (χ4n) is 11.5. The van der Waals surface area contributed by atoms with Crippen molar-refractivity contribution in [3.05, 3.63) is 194 Å². The van der Waals surface area contributed by atoms with E-state index in [1.54, 1.807) is 122 Å². The summed E-state index contributed by atoms with van der Waals surface area (Å²) in [5.74, 6) is 2.19. The number of rotatable bonds is 6. The molecular formula is C62H57N17O7S. The first-order chi connectivity index (χ1) is 42.4. The highest BCUT2D eigenvalue weighted by atomic mass is 32.1. The number of furan rings is 1. The van der Waals surface area contributed by atoms with E-state index >= 15 is 0 Å². The van der Waals surface area contributed by atoms with Crippen LogP contribution in [0.15, 0.2) is 165 Å². The van der Waals surface area contributed by atoms with Gasteiger partial charge < -0.3 is 38.2 Å². The van der Waals surface area contributed by atoms with Crippen molar-refractivity contribution in [1.82, 2.24) is 68.4 Å². The summed E-state index contributed by atoms with van der Waals surface area (Å²) in [4.78, 5) is 106. The van der Waals surface area contributed by atoms with Gasteiger partial charge in [0.2, 0.25) is 0 Å². The molecular weight excluding hydrogens is 1130 g/mol. The molecule has 0 N–H and O–H groups in total. The first-order valence-corrected chi connectivity index (χ1v) is 29.2. The van der Waals surface area contributed by atoms with Gasteiger partial charge in [-0.15, -0.1) is 11.3 Å². The minimum absolute atomic E-state index is 0.141. The Labute approximate surface area is 499 Å². The lowest BCUT2D eigenvalue weighted by Crippen LogP contribution is -2.49. The lowest BCUT2D eigenvalue weighted by molar-refractivity contribution is 0.0733. The van der Waals surface area contributed by atoms with Crippen LogP contribution < -0.4 is 31.4 Å². The number of fused-ring (bicyclic) bond motifs is 6. The van der Waals surface area contributed by atoms with E-state index in [1.807, 2.05) is 64.3 Å². The molecule has 0 bridgehead atoms. The van der Waals surface area contributed by atoms with E-state index in [0.29, 0.717) is 128 Å². The van der Waals surface area contributed by atoms with Crippen molar-refractivity contribution in [3.8, 4) is 0 Å². The zero-order chi connectivity index (χ0) is 59.9. The number of aromatic nitrogens is 11. The number of thiophene rings is 1. The zero-order valence-corrected chi connectivity index (χ0v) is 48.5. The number of amides is 3. The van der Waals surface area contributed by atoms with Gasteiger partial charge in [-0.1, -0.05) is 54.6 Å². The summed E-state index contributed by atoms with van der Waals surface area (Å²) < 4.78 is 12.3. The van der Waals surface area contributed by atoms with Gasteiger partial charge in [-0.2, -0.15) is 15.3 Å². The molecule has 0 radical (unpaired) electrons. The largest absolute Gasteiger partial charge is 0.464 e. The van der Waals surface area contributed by atoms with Gasteiger partial charge >= 0.3 is 0 Å². The SMILES string of the molecule is Cn1nc(C(=O)N2CCN(c3nccc4occc34)CC2)c2ccccc2c1=O.Cn1nc(C(=O)N2CCN(c3nccc4sccc34)CC2)c2ccccc2c1=O.Cn1nc(C(=O)N2CCN(c3nccn4ccnc34)CC2)c2ccccc2c1=O. The number of carbonyl (C=O) groups is 3. The van der Waals surface area contributed by atoms with Gasteiger partial charge in [0.15, 0.2) is 28.5 Å². The number of carbonyl (C=O) groups excluding carboxylic acids is 3. The molecule has 0 spiro atoms. The van der Waals surface area contributed by atoms with E-state index in [9.17, 15) is 28.8 Å². The average Bonchev–Trinajstić information content (AvgIpc) is 2.41. The van der Waals surface area contributed by atoms with Crippen molar-refractivity contribution in [2.75, 3.05) is 93.2 Å². The molecule has 438 valence electrons. The Hall–Kier alpha value is -10.7. The smallest absolute Gasteiger partial charge is 0.275 e. The highest BCUT2D eigenvalue weighted by molar-refractivity contribution is 7.17. The molecule has 9 aromatic heterocycles. The van der Waals surface area contributed by atoms with Crippen molar-refractivity contribution in [3.63, 3.8) is 0 Å². The molecule has 0 unspecified atom stereocenters. The Morgan fingerprint density at radius 2 is 0.805 bits per heavy atom. The Kier molecular flexibility index (Phi) is 14.9. The predicted octanol–water partition coefficient (Wildman–Crippen LogP) is 5.48. The number of aryl methyl sites for hydroxylation is 3. The van der Waals surface area contributed by atoms with Crippen molar-refractivity contribution in [2.24, 2.45) is 21.1 Å². The Balaban J connectivity index is 0.000000121. The second kappa shape index (κ2) is 23.4. The normalized spacial score (nSPS) is 14.7. The quantitative estimate of drug-likeness (QED) is 0.200. The summed E-state index contributed by atoms with van der Waals surface area (Å²) in [5, 5.41) is 20.3. The maximum Gasteiger partial charge on any atom is 0.275 e. The number of benzene rings is 3. The topological polar surface area (TPSA) is 244 Å². The molecule has 3 aliphatic rings. The van der Waals surface area contributed by atoms with Crippen molar-refractivity contribution < 1.29 is 18.8 Å². The molecule has 12 aromatic rings. The van der Waals surface area contributed by atoms with Crippen LogP contribution in [0.4, 0.5) is 17.5 Å². The van der Waals surface area contributed by atoms with Crippen LogP contribution in [0.3, 0.4) is 0 Å².